The third-order valence-electron chi connectivity index (χ3n) is 6.12. The van der Waals surface area contributed by atoms with Gasteiger partial charge in [0.1, 0.15) is 17.4 Å². The van der Waals surface area contributed by atoms with Gasteiger partial charge in [0, 0.05) is 22.1 Å². The molecule has 0 fully saturated rings. The molecule has 0 bridgehead atoms. The Bertz CT molecular complexity index is 1760. The van der Waals surface area contributed by atoms with E-state index in [1.54, 1.807) is 30.3 Å². The van der Waals surface area contributed by atoms with Gasteiger partial charge in [-0.05, 0) is 59.7 Å². The van der Waals surface area contributed by atoms with Crippen LogP contribution in [0.5, 0.6) is 0 Å². The van der Waals surface area contributed by atoms with Crippen LogP contribution in [0, 0.1) is 11.6 Å². The van der Waals surface area contributed by atoms with Crippen molar-refractivity contribution in [2.45, 2.75) is 24.5 Å². The fraction of sp³-hybridized carbons (Fsp3) is 0.138. The molecule has 0 saturated carbocycles. The van der Waals surface area contributed by atoms with Crippen molar-refractivity contribution >= 4 is 34.1 Å². The number of halogens is 6. The van der Waals surface area contributed by atoms with Gasteiger partial charge in [-0.15, -0.1) is 11.8 Å². The third-order valence-corrected chi connectivity index (χ3v) is 7.29. The molecule has 10 heteroatoms. The van der Waals surface area contributed by atoms with E-state index < -0.39 is 28.9 Å². The summed E-state index contributed by atoms with van der Waals surface area (Å²) in [5.74, 6) is -0.684. The summed E-state index contributed by atoms with van der Waals surface area (Å²) < 4.78 is 76.0. The molecule has 0 N–H and O–H groups in total. The molecular weight excluding hydrogens is 557 g/mol. The van der Waals surface area contributed by atoms with Crippen LogP contribution in [0.3, 0.4) is 0 Å². The van der Waals surface area contributed by atoms with E-state index in [4.69, 9.17) is 16.0 Å². The topological polar surface area (TPSA) is 35.1 Å². The molecule has 0 amide bonds. The largest absolute Gasteiger partial charge is 0.455 e. The first kappa shape index (κ1) is 27.0. The number of hydrogen-bond acceptors (Lipinski definition) is 3. The number of pyridine rings is 1. The number of benzene rings is 3. The highest BCUT2D eigenvalue weighted by Gasteiger charge is 2.31. The maximum atomic E-state index is 14.6. The van der Waals surface area contributed by atoms with E-state index in [1.165, 1.54) is 34.5 Å². The number of fused-ring (bicyclic) bond motifs is 1. The first-order chi connectivity index (χ1) is 18.5. The van der Waals surface area contributed by atoms with E-state index in [9.17, 15) is 26.7 Å². The van der Waals surface area contributed by atoms with Crippen LogP contribution in [0.2, 0.25) is 5.02 Å². The Kier molecular flexibility index (Phi) is 7.31. The second-order valence-electron chi connectivity index (χ2n) is 8.70. The van der Waals surface area contributed by atoms with Crippen LogP contribution >= 0.6 is 23.4 Å². The quantitative estimate of drug-likeness (QED) is 0.150. The van der Waals surface area contributed by atoms with Gasteiger partial charge < -0.3 is 8.98 Å². The number of hydrogen-bond donors (Lipinski definition) is 0. The van der Waals surface area contributed by atoms with Crippen LogP contribution in [0.4, 0.5) is 22.0 Å². The zero-order chi connectivity index (χ0) is 27.9. The first-order valence-corrected chi connectivity index (χ1v) is 13.1. The van der Waals surface area contributed by atoms with Crippen molar-refractivity contribution in [3.63, 3.8) is 0 Å². The van der Waals surface area contributed by atoms with Crippen LogP contribution in [0.15, 0.2) is 86.9 Å². The Labute approximate surface area is 228 Å². The highest BCUT2D eigenvalue weighted by molar-refractivity contribution is 7.99. The summed E-state index contributed by atoms with van der Waals surface area (Å²) >= 11 is 7.58. The van der Waals surface area contributed by atoms with Crippen molar-refractivity contribution < 1.29 is 26.4 Å². The van der Waals surface area contributed by atoms with Gasteiger partial charge in [0.05, 0.1) is 28.2 Å². The molecule has 0 aliphatic carbocycles. The van der Waals surface area contributed by atoms with E-state index in [2.05, 4.69) is 0 Å². The number of aromatic nitrogens is 1. The van der Waals surface area contributed by atoms with Gasteiger partial charge in [-0.1, -0.05) is 36.7 Å². The summed E-state index contributed by atoms with van der Waals surface area (Å²) in [6, 6.07) is 16.3. The molecule has 2 heterocycles. The molecule has 0 spiro atoms. The highest BCUT2D eigenvalue weighted by Crippen LogP contribution is 2.38. The van der Waals surface area contributed by atoms with E-state index in [0.29, 0.717) is 16.0 Å². The number of nitrogens with zero attached hydrogens (tertiary/aromatic N) is 1. The van der Waals surface area contributed by atoms with Crippen LogP contribution in [0.1, 0.15) is 18.1 Å². The zero-order valence-electron chi connectivity index (χ0n) is 20.3. The lowest BCUT2D eigenvalue weighted by Crippen LogP contribution is -2.23. The molecule has 0 atom stereocenters. The Hall–Kier alpha value is -3.56. The average Bonchev–Trinajstić information content (AvgIpc) is 3.37. The lowest BCUT2D eigenvalue weighted by atomic mass is 10.1. The predicted molar refractivity (Wildman–Crippen MR) is 143 cm³/mol. The summed E-state index contributed by atoms with van der Waals surface area (Å²) in [7, 11) is 0. The number of rotatable bonds is 6. The van der Waals surface area contributed by atoms with Crippen LogP contribution < -0.4 is 5.56 Å². The number of furan rings is 1. The summed E-state index contributed by atoms with van der Waals surface area (Å²) in [5, 5.41) is 0.899. The van der Waals surface area contributed by atoms with Gasteiger partial charge in [-0.2, -0.15) is 13.2 Å². The molecule has 0 aliphatic rings. The summed E-state index contributed by atoms with van der Waals surface area (Å²) in [6.45, 7) is 1.57. The van der Waals surface area contributed by atoms with Crippen molar-refractivity contribution in [3.8, 4) is 22.8 Å². The minimum atomic E-state index is -4.55. The predicted octanol–water partition coefficient (Wildman–Crippen LogP) is 9.04. The third kappa shape index (κ3) is 5.46. The van der Waals surface area contributed by atoms with Crippen LogP contribution in [-0.2, 0) is 12.7 Å². The van der Waals surface area contributed by atoms with Crippen molar-refractivity contribution in [1.29, 1.82) is 0 Å². The Morgan fingerprint density at radius 2 is 1.72 bits per heavy atom. The highest BCUT2D eigenvalue weighted by atomic mass is 35.5. The fourth-order valence-electron chi connectivity index (χ4n) is 4.32. The maximum Gasteiger partial charge on any atom is 0.416 e. The molecule has 5 aromatic rings. The second-order valence-corrected chi connectivity index (χ2v) is 10.4. The van der Waals surface area contributed by atoms with E-state index >= 15 is 0 Å². The minimum Gasteiger partial charge on any atom is -0.455 e. The van der Waals surface area contributed by atoms with Crippen molar-refractivity contribution in [1.82, 2.24) is 4.57 Å². The molecule has 0 unspecified atom stereocenters. The lowest BCUT2D eigenvalue weighted by Gasteiger charge is -2.15. The Morgan fingerprint density at radius 1 is 0.949 bits per heavy atom. The maximum absolute atomic E-state index is 14.6. The second kappa shape index (κ2) is 10.5. The standard InChI is InChI=1S/C29H19ClF5NO2S/c1-2-39-21-11-18(10-19(13-21)29(33,34)35)25-8-9-26(38-25)24-12-16-4-3-5-22(30)27(16)28(37)36(24)15-17-6-7-20(31)14-23(17)32/h3-14H,2,15H2,1H3. The number of alkyl halides is 3. The first-order valence-electron chi connectivity index (χ1n) is 11.8. The molecule has 2 aromatic heterocycles. The van der Waals surface area contributed by atoms with E-state index in [0.717, 1.165) is 24.3 Å². The average molecular weight is 576 g/mol. The van der Waals surface area contributed by atoms with Gasteiger partial charge in [0.2, 0.25) is 0 Å². The molecule has 5 rings (SSSR count). The van der Waals surface area contributed by atoms with E-state index in [-0.39, 0.29) is 45.3 Å². The molecule has 3 aromatic carbocycles. The van der Waals surface area contributed by atoms with Gasteiger partial charge >= 0.3 is 6.18 Å². The summed E-state index contributed by atoms with van der Waals surface area (Å²) in [6.07, 6.45) is -4.55. The summed E-state index contributed by atoms with van der Waals surface area (Å²) in [5.41, 5.74) is -0.820. The molecule has 39 heavy (non-hydrogen) atoms. The number of thioether (sulfide) groups is 1. The SMILES string of the molecule is CCSc1cc(-c2ccc(-c3cc4cccc(Cl)c4c(=O)n3Cc3ccc(F)cc3F)o2)cc(C(F)(F)F)c1. The monoisotopic (exact) mass is 575 g/mol. The zero-order valence-corrected chi connectivity index (χ0v) is 21.9. The minimum absolute atomic E-state index is 0.0528. The summed E-state index contributed by atoms with van der Waals surface area (Å²) in [4.78, 5) is 14.0. The van der Waals surface area contributed by atoms with Crippen LogP contribution in [-0.4, -0.2) is 10.3 Å². The molecule has 0 radical (unpaired) electrons. The Balaban J connectivity index is 1.68. The molecular formula is C29H19ClF5NO2S. The van der Waals surface area contributed by atoms with Crippen molar-refractivity contribution in [2.75, 3.05) is 5.75 Å². The van der Waals surface area contributed by atoms with Crippen molar-refractivity contribution in [3.05, 3.63) is 111 Å². The van der Waals surface area contributed by atoms with Gasteiger partial charge in [0.15, 0.2) is 5.76 Å². The van der Waals surface area contributed by atoms with Gasteiger partial charge in [-0.25, -0.2) is 8.78 Å². The molecule has 0 saturated heterocycles. The van der Waals surface area contributed by atoms with Gasteiger partial charge in [0.25, 0.3) is 5.56 Å². The normalized spacial score (nSPS) is 11.9. The lowest BCUT2D eigenvalue weighted by molar-refractivity contribution is -0.137. The Morgan fingerprint density at radius 3 is 2.44 bits per heavy atom. The van der Waals surface area contributed by atoms with Crippen molar-refractivity contribution in [2.24, 2.45) is 0 Å². The van der Waals surface area contributed by atoms with E-state index in [1.807, 2.05) is 6.92 Å². The molecule has 200 valence electrons. The molecule has 0 aliphatic heterocycles. The van der Waals surface area contributed by atoms with Crippen LogP contribution in [0.25, 0.3) is 33.6 Å². The fourth-order valence-corrected chi connectivity index (χ4v) is 5.34. The van der Waals surface area contributed by atoms with Gasteiger partial charge in [-0.3, -0.25) is 4.79 Å². The molecule has 3 nitrogen and oxygen atoms in total. The smallest absolute Gasteiger partial charge is 0.416 e.